The Morgan fingerprint density at radius 3 is 2.56 bits per heavy atom. The van der Waals surface area contributed by atoms with Gasteiger partial charge in [-0.3, -0.25) is 9.59 Å². The van der Waals surface area contributed by atoms with Crippen LogP contribution in [0.1, 0.15) is 26.7 Å². The van der Waals surface area contributed by atoms with E-state index < -0.39 is 18.1 Å². The predicted octanol–water partition coefficient (Wildman–Crippen LogP) is -1.27. The molecule has 6 heteroatoms. The van der Waals surface area contributed by atoms with Crippen LogP contribution in [0.4, 0.5) is 0 Å². The molecule has 0 fully saturated rings. The van der Waals surface area contributed by atoms with Gasteiger partial charge in [0, 0.05) is 13.1 Å². The highest BCUT2D eigenvalue weighted by molar-refractivity contribution is 5.81. The maximum Gasteiger partial charge on any atom is 0.247 e. The zero-order chi connectivity index (χ0) is 12.6. The maximum atomic E-state index is 11.4. The summed E-state index contributed by atoms with van der Waals surface area (Å²) in [5.41, 5.74) is 4.87. The number of primary amides is 1. The van der Waals surface area contributed by atoms with Crippen LogP contribution in [0, 0.1) is 0 Å². The van der Waals surface area contributed by atoms with Gasteiger partial charge in [0.25, 0.3) is 0 Å². The zero-order valence-corrected chi connectivity index (χ0v) is 9.82. The summed E-state index contributed by atoms with van der Waals surface area (Å²) in [4.78, 5) is 22.0. The van der Waals surface area contributed by atoms with E-state index >= 15 is 0 Å². The molecule has 0 aromatic heterocycles. The van der Waals surface area contributed by atoms with E-state index in [1.54, 1.807) is 6.92 Å². The Kier molecular flexibility index (Phi) is 7.49. The van der Waals surface area contributed by atoms with Crippen molar-refractivity contribution in [2.75, 3.05) is 13.1 Å². The topological polar surface area (TPSA) is 104 Å². The van der Waals surface area contributed by atoms with Crippen molar-refractivity contribution in [3.8, 4) is 0 Å². The highest BCUT2D eigenvalue weighted by Gasteiger charge is 2.15. The van der Waals surface area contributed by atoms with E-state index in [0.717, 1.165) is 12.8 Å². The maximum absolute atomic E-state index is 11.4. The first-order valence-electron chi connectivity index (χ1n) is 5.47. The number of nitrogens with two attached hydrogens (primary N) is 1. The van der Waals surface area contributed by atoms with Gasteiger partial charge in [0.05, 0.1) is 6.04 Å². The highest BCUT2D eigenvalue weighted by atomic mass is 16.3. The highest BCUT2D eigenvalue weighted by Crippen LogP contribution is 1.87. The fraction of sp³-hybridized carbons (Fsp3) is 0.800. The SMILES string of the molecule is CCCCNC(=O)C(C)NCC(O)C(N)=O. The summed E-state index contributed by atoms with van der Waals surface area (Å²) < 4.78 is 0. The number of amides is 2. The second-order valence-corrected chi connectivity index (χ2v) is 3.69. The molecule has 16 heavy (non-hydrogen) atoms. The van der Waals surface area contributed by atoms with Crippen molar-refractivity contribution in [1.29, 1.82) is 0 Å². The number of nitrogens with one attached hydrogen (secondary N) is 2. The molecule has 0 aliphatic carbocycles. The minimum Gasteiger partial charge on any atom is -0.382 e. The van der Waals surface area contributed by atoms with E-state index in [1.165, 1.54) is 0 Å². The molecule has 0 spiro atoms. The molecule has 0 heterocycles. The van der Waals surface area contributed by atoms with Crippen LogP contribution < -0.4 is 16.4 Å². The number of carbonyl (C=O) groups is 2. The van der Waals surface area contributed by atoms with Crippen molar-refractivity contribution in [3.63, 3.8) is 0 Å². The Bertz CT molecular complexity index is 233. The van der Waals surface area contributed by atoms with Gasteiger partial charge in [-0.05, 0) is 13.3 Å². The molecule has 2 amide bonds. The monoisotopic (exact) mass is 231 g/mol. The summed E-state index contributed by atoms with van der Waals surface area (Å²) in [5, 5.41) is 14.6. The first-order valence-corrected chi connectivity index (χ1v) is 5.47. The summed E-state index contributed by atoms with van der Waals surface area (Å²) in [6.45, 7) is 4.32. The van der Waals surface area contributed by atoms with Gasteiger partial charge in [0.2, 0.25) is 11.8 Å². The third-order valence-corrected chi connectivity index (χ3v) is 2.17. The molecule has 0 radical (unpaired) electrons. The van der Waals surface area contributed by atoms with Gasteiger partial charge in [0.1, 0.15) is 6.10 Å². The van der Waals surface area contributed by atoms with Gasteiger partial charge in [-0.1, -0.05) is 13.3 Å². The van der Waals surface area contributed by atoms with Crippen LogP contribution in [0.5, 0.6) is 0 Å². The summed E-state index contributed by atoms with van der Waals surface area (Å²) in [5.74, 6) is -0.948. The Morgan fingerprint density at radius 1 is 1.44 bits per heavy atom. The summed E-state index contributed by atoms with van der Waals surface area (Å²) in [7, 11) is 0. The molecule has 0 rings (SSSR count). The molecule has 2 atom stereocenters. The number of rotatable bonds is 8. The van der Waals surface area contributed by atoms with Crippen LogP contribution in [0.25, 0.3) is 0 Å². The first-order chi connectivity index (χ1) is 7.49. The lowest BCUT2D eigenvalue weighted by molar-refractivity contribution is -0.127. The summed E-state index contributed by atoms with van der Waals surface area (Å²) in [6.07, 6.45) is 0.691. The standard InChI is InChI=1S/C10H21N3O3/c1-3-4-5-12-10(16)7(2)13-6-8(14)9(11)15/h7-8,13-14H,3-6H2,1-2H3,(H2,11,15)(H,12,16). The fourth-order valence-corrected chi connectivity index (χ4v) is 1.02. The number of unbranched alkanes of at least 4 members (excludes halogenated alkanes) is 1. The molecule has 2 unspecified atom stereocenters. The fourth-order valence-electron chi connectivity index (χ4n) is 1.02. The lowest BCUT2D eigenvalue weighted by Crippen LogP contribution is -2.47. The average Bonchev–Trinajstić information content (AvgIpc) is 2.25. The lowest BCUT2D eigenvalue weighted by atomic mass is 10.2. The summed E-state index contributed by atoms with van der Waals surface area (Å²) in [6, 6.07) is -0.453. The molecule has 0 aromatic carbocycles. The van der Waals surface area contributed by atoms with Gasteiger partial charge >= 0.3 is 0 Å². The van der Waals surface area contributed by atoms with Gasteiger partial charge in [0.15, 0.2) is 0 Å². The van der Waals surface area contributed by atoms with E-state index in [-0.39, 0.29) is 12.5 Å². The lowest BCUT2D eigenvalue weighted by Gasteiger charge is -2.15. The zero-order valence-electron chi connectivity index (χ0n) is 9.82. The van der Waals surface area contributed by atoms with Crippen molar-refractivity contribution in [2.45, 2.75) is 38.8 Å². The van der Waals surface area contributed by atoms with Crippen molar-refractivity contribution in [3.05, 3.63) is 0 Å². The predicted molar refractivity (Wildman–Crippen MR) is 60.6 cm³/mol. The van der Waals surface area contributed by atoms with Gasteiger partial charge < -0.3 is 21.5 Å². The quantitative estimate of drug-likeness (QED) is 0.391. The van der Waals surface area contributed by atoms with Crippen LogP contribution in [-0.2, 0) is 9.59 Å². The molecule has 6 nitrogen and oxygen atoms in total. The molecule has 94 valence electrons. The number of hydrogen-bond acceptors (Lipinski definition) is 4. The molecule has 0 bridgehead atoms. The van der Waals surface area contributed by atoms with E-state index in [2.05, 4.69) is 10.6 Å². The van der Waals surface area contributed by atoms with Crippen LogP contribution in [0.3, 0.4) is 0 Å². The van der Waals surface area contributed by atoms with Gasteiger partial charge in [-0.2, -0.15) is 0 Å². The van der Waals surface area contributed by atoms with Crippen molar-refractivity contribution in [1.82, 2.24) is 10.6 Å². The van der Waals surface area contributed by atoms with Crippen LogP contribution in [0.15, 0.2) is 0 Å². The van der Waals surface area contributed by atoms with Crippen molar-refractivity contribution >= 4 is 11.8 Å². The van der Waals surface area contributed by atoms with Crippen LogP contribution in [0.2, 0.25) is 0 Å². The average molecular weight is 231 g/mol. The second-order valence-electron chi connectivity index (χ2n) is 3.69. The molecule has 0 saturated carbocycles. The molecule has 0 aromatic rings. The largest absolute Gasteiger partial charge is 0.382 e. The minimum absolute atomic E-state index is 0.0162. The second kappa shape index (κ2) is 8.06. The third kappa shape index (κ3) is 6.36. The van der Waals surface area contributed by atoms with Crippen molar-refractivity contribution in [2.24, 2.45) is 5.73 Å². The van der Waals surface area contributed by atoms with E-state index in [1.807, 2.05) is 6.92 Å². The number of carbonyl (C=O) groups excluding carboxylic acids is 2. The normalized spacial score (nSPS) is 14.2. The Hall–Kier alpha value is -1.14. The molecule has 0 aliphatic rings. The Balaban J connectivity index is 3.74. The molecule has 0 saturated heterocycles. The smallest absolute Gasteiger partial charge is 0.247 e. The third-order valence-electron chi connectivity index (χ3n) is 2.17. The Morgan fingerprint density at radius 2 is 2.06 bits per heavy atom. The number of aliphatic hydroxyl groups excluding tert-OH is 1. The van der Waals surface area contributed by atoms with E-state index in [9.17, 15) is 9.59 Å². The first kappa shape index (κ1) is 14.9. The van der Waals surface area contributed by atoms with Gasteiger partial charge in [-0.15, -0.1) is 0 Å². The van der Waals surface area contributed by atoms with E-state index in [0.29, 0.717) is 6.54 Å². The molecular weight excluding hydrogens is 210 g/mol. The minimum atomic E-state index is -1.26. The Labute approximate surface area is 95.6 Å². The number of aliphatic hydroxyl groups is 1. The van der Waals surface area contributed by atoms with Crippen LogP contribution in [-0.4, -0.2) is 42.2 Å². The van der Waals surface area contributed by atoms with Crippen molar-refractivity contribution < 1.29 is 14.7 Å². The number of hydrogen-bond donors (Lipinski definition) is 4. The summed E-state index contributed by atoms with van der Waals surface area (Å²) >= 11 is 0. The van der Waals surface area contributed by atoms with E-state index in [4.69, 9.17) is 10.8 Å². The van der Waals surface area contributed by atoms with Gasteiger partial charge in [-0.25, -0.2) is 0 Å². The molecular formula is C10H21N3O3. The molecule has 5 N–H and O–H groups in total. The molecule has 0 aliphatic heterocycles. The van der Waals surface area contributed by atoms with Crippen LogP contribution >= 0.6 is 0 Å².